The van der Waals surface area contributed by atoms with Crippen molar-refractivity contribution in [3.05, 3.63) is 35.9 Å². The quantitative estimate of drug-likeness (QED) is 0.750. The summed E-state index contributed by atoms with van der Waals surface area (Å²) in [6.45, 7) is 6.39. The Kier molecular flexibility index (Phi) is 6.60. The van der Waals surface area contributed by atoms with Crippen LogP contribution in [0.5, 0.6) is 5.75 Å². The van der Waals surface area contributed by atoms with Crippen molar-refractivity contribution in [1.82, 2.24) is 5.32 Å². The lowest BCUT2D eigenvalue weighted by atomic mass is 10.2. The molecule has 0 unspecified atom stereocenters. The molecule has 0 aliphatic rings. The highest BCUT2D eigenvalue weighted by Crippen LogP contribution is 2.12. The van der Waals surface area contributed by atoms with Crippen LogP contribution in [0.15, 0.2) is 30.3 Å². The van der Waals surface area contributed by atoms with Crippen LogP contribution in [0.4, 0.5) is 0 Å². The molecule has 0 fully saturated rings. The Labute approximate surface area is 109 Å². The van der Waals surface area contributed by atoms with Gasteiger partial charge in [0.2, 0.25) is 0 Å². The van der Waals surface area contributed by atoms with Gasteiger partial charge in [0.05, 0.1) is 0 Å². The molecule has 0 atom stereocenters. The molecule has 18 heavy (non-hydrogen) atoms. The standard InChI is InChI=1S/C15H20N2O/c1-13(2)12-17-10-3-4-14-5-7-15(8-6-14)18-11-9-16/h3-8,13,17H,10-12H2,1-2H3. The first-order valence-electron chi connectivity index (χ1n) is 6.19. The van der Waals surface area contributed by atoms with E-state index in [4.69, 9.17) is 10.00 Å². The fraction of sp³-hybridized carbons (Fsp3) is 0.400. The summed E-state index contributed by atoms with van der Waals surface area (Å²) in [6.07, 6.45) is 4.18. The third kappa shape index (κ3) is 6.07. The lowest BCUT2D eigenvalue weighted by Crippen LogP contribution is -2.19. The zero-order valence-corrected chi connectivity index (χ0v) is 11.0. The van der Waals surface area contributed by atoms with Crippen molar-refractivity contribution < 1.29 is 4.74 Å². The van der Waals surface area contributed by atoms with E-state index in [2.05, 4.69) is 31.3 Å². The normalized spacial score (nSPS) is 10.8. The van der Waals surface area contributed by atoms with E-state index >= 15 is 0 Å². The van der Waals surface area contributed by atoms with Gasteiger partial charge in [-0.05, 0) is 30.2 Å². The first-order chi connectivity index (χ1) is 8.72. The minimum atomic E-state index is 0.0916. The highest BCUT2D eigenvalue weighted by atomic mass is 16.5. The number of nitrogens with zero attached hydrogens (tertiary/aromatic N) is 1. The summed E-state index contributed by atoms with van der Waals surface area (Å²) in [5.74, 6) is 1.40. The van der Waals surface area contributed by atoms with E-state index in [1.165, 1.54) is 0 Å². The van der Waals surface area contributed by atoms with Crippen LogP contribution in [-0.2, 0) is 0 Å². The summed E-state index contributed by atoms with van der Waals surface area (Å²) in [5, 5.41) is 11.7. The molecule has 0 saturated carbocycles. The van der Waals surface area contributed by atoms with Gasteiger partial charge in [0.15, 0.2) is 6.61 Å². The molecular weight excluding hydrogens is 224 g/mol. The van der Waals surface area contributed by atoms with E-state index in [0.717, 1.165) is 24.4 Å². The molecule has 1 rings (SSSR count). The van der Waals surface area contributed by atoms with Crippen molar-refractivity contribution in [1.29, 1.82) is 5.26 Å². The van der Waals surface area contributed by atoms with Gasteiger partial charge in [-0.3, -0.25) is 0 Å². The molecule has 0 spiro atoms. The van der Waals surface area contributed by atoms with E-state index in [1.54, 1.807) is 0 Å². The smallest absolute Gasteiger partial charge is 0.174 e. The molecule has 3 nitrogen and oxygen atoms in total. The molecule has 96 valence electrons. The Bertz CT molecular complexity index is 401. The molecule has 1 aromatic carbocycles. The molecular formula is C15H20N2O. The highest BCUT2D eigenvalue weighted by Gasteiger charge is 1.93. The number of hydrogen-bond donors (Lipinski definition) is 1. The van der Waals surface area contributed by atoms with Gasteiger partial charge in [-0.25, -0.2) is 0 Å². The van der Waals surface area contributed by atoms with Crippen LogP contribution >= 0.6 is 0 Å². The molecule has 1 aromatic rings. The zero-order chi connectivity index (χ0) is 13.2. The van der Waals surface area contributed by atoms with Crippen LogP contribution in [0.2, 0.25) is 0 Å². The maximum Gasteiger partial charge on any atom is 0.174 e. The minimum Gasteiger partial charge on any atom is -0.479 e. The molecule has 0 aliphatic carbocycles. The number of benzene rings is 1. The predicted molar refractivity (Wildman–Crippen MR) is 74.3 cm³/mol. The largest absolute Gasteiger partial charge is 0.479 e. The van der Waals surface area contributed by atoms with Crippen molar-refractivity contribution in [2.75, 3.05) is 19.7 Å². The second kappa shape index (κ2) is 8.32. The number of rotatable bonds is 7. The Morgan fingerprint density at radius 3 is 2.67 bits per heavy atom. The first kappa shape index (κ1) is 14.3. The maximum atomic E-state index is 8.39. The number of hydrogen-bond acceptors (Lipinski definition) is 3. The molecule has 0 radical (unpaired) electrons. The molecule has 0 amide bonds. The van der Waals surface area contributed by atoms with Gasteiger partial charge in [-0.2, -0.15) is 5.26 Å². The predicted octanol–water partition coefficient (Wildman–Crippen LogP) is 2.85. The summed E-state index contributed by atoms with van der Waals surface area (Å²) < 4.78 is 5.18. The van der Waals surface area contributed by atoms with Gasteiger partial charge >= 0.3 is 0 Å². The Balaban J connectivity index is 2.34. The molecule has 3 heteroatoms. The third-order valence-corrected chi connectivity index (χ3v) is 2.31. The molecule has 0 aromatic heterocycles. The first-order valence-corrected chi connectivity index (χ1v) is 6.19. The number of nitrogens with one attached hydrogen (secondary N) is 1. The van der Waals surface area contributed by atoms with E-state index in [1.807, 2.05) is 30.3 Å². The van der Waals surface area contributed by atoms with Crippen molar-refractivity contribution in [2.45, 2.75) is 13.8 Å². The topological polar surface area (TPSA) is 45.0 Å². The second-order valence-electron chi connectivity index (χ2n) is 4.47. The van der Waals surface area contributed by atoms with E-state index in [9.17, 15) is 0 Å². The van der Waals surface area contributed by atoms with Gasteiger partial charge in [-0.15, -0.1) is 0 Å². The highest BCUT2D eigenvalue weighted by molar-refractivity contribution is 5.50. The minimum absolute atomic E-state index is 0.0916. The summed E-state index contributed by atoms with van der Waals surface area (Å²) in [7, 11) is 0. The Morgan fingerprint density at radius 2 is 2.06 bits per heavy atom. The van der Waals surface area contributed by atoms with Crippen molar-refractivity contribution in [3.8, 4) is 11.8 Å². The summed E-state index contributed by atoms with van der Waals surface area (Å²) >= 11 is 0. The Morgan fingerprint density at radius 1 is 1.33 bits per heavy atom. The number of ether oxygens (including phenoxy) is 1. The van der Waals surface area contributed by atoms with Crippen LogP contribution in [-0.4, -0.2) is 19.7 Å². The SMILES string of the molecule is CC(C)CNCC=Cc1ccc(OCC#N)cc1. The second-order valence-corrected chi connectivity index (χ2v) is 4.47. The van der Waals surface area contributed by atoms with Crippen molar-refractivity contribution in [2.24, 2.45) is 5.92 Å². The van der Waals surface area contributed by atoms with Gasteiger partial charge in [0, 0.05) is 6.54 Å². The fourth-order valence-corrected chi connectivity index (χ4v) is 1.44. The average molecular weight is 244 g/mol. The van der Waals surface area contributed by atoms with Crippen molar-refractivity contribution in [3.63, 3.8) is 0 Å². The summed E-state index contributed by atoms with van der Waals surface area (Å²) in [5.41, 5.74) is 1.13. The fourth-order valence-electron chi connectivity index (χ4n) is 1.44. The van der Waals surface area contributed by atoms with Gasteiger partial charge in [-0.1, -0.05) is 38.1 Å². The number of nitriles is 1. The van der Waals surface area contributed by atoms with E-state index in [0.29, 0.717) is 5.92 Å². The molecule has 0 bridgehead atoms. The lowest BCUT2D eigenvalue weighted by molar-refractivity contribution is 0.368. The monoisotopic (exact) mass is 244 g/mol. The van der Waals surface area contributed by atoms with Gasteiger partial charge < -0.3 is 10.1 Å². The zero-order valence-electron chi connectivity index (χ0n) is 11.0. The molecule has 0 heterocycles. The van der Waals surface area contributed by atoms with Crippen LogP contribution in [0.1, 0.15) is 19.4 Å². The molecule has 0 aliphatic heterocycles. The van der Waals surface area contributed by atoms with E-state index < -0.39 is 0 Å². The third-order valence-electron chi connectivity index (χ3n) is 2.31. The molecule has 1 N–H and O–H groups in total. The van der Waals surface area contributed by atoms with Crippen LogP contribution < -0.4 is 10.1 Å². The Hall–Kier alpha value is -1.79. The maximum absolute atomic E-state index is 8.39. The van der Waals surface area contributed by atoms with Gasteiger partial charge in [0.1, 0.15) is 11.8 Å². The van der Waals surface area contributed by atoms with Gasteiger partial charge in [0.25, 0.3) is 0 Å². The molecule has 0 saturated heterocycles. The van der Waals surface area contributed by atoms with Crippen LogP contribution in [0.3, 0.4) is 0 Å². The van der Waals surface area contributed by atoms with Crippen LogP contribution in [0, 0.1) is 17.2 Å². The lowest BCUT2D eigenvalue weighted by Gasteiger charge is -2.04. The van der Waals surface area contributed by atoms with Crippen molar-refractivity contribution >= 4 is 6.08 Å². The average Bonchev–Trinajstić information content (AvgIpc) is 2.37. The van der Waals surface area contributed by atoms with Crippen LogP contribution in [0.25, 0.3) is 6.08 Å². The van der Waals surface area contributed by atoms with E-state index in [-0.39, 0.29) is 6.61 Å². The summed E-state index contributed by atoms with van der Waals surface area (Å²) in [6, 6.07) is 9.65. The summed E-state index contributed by atoms with van der Waals surface area (Å²) in [4.78, 5) is 0.